The Morgan fingerprint density at radius 2 is 1.00 bits per heavy atom. The number of hydrogen-bond acceptors (Lipinski definition) is 10. The number of carboxylic acids is 2. The molecule has 16 heteroatoms. The van der Waals surface area contributed by atoms with Crippen LogP contribution in [0.1, 0.15) is 0 Å². The summed E-state index contributed by atoms with van der Waals surface area (Å²) in [6.07, 6.45) is 0. The summed E-state index contributed by atoms with van der Waals surface area (Å²) in [6.45, 7) is 0. The predicted molar refractivity (Wildman–Crippen MR) is 58.8 cm³/mol. The Balaban J connectivity index is -0.000000135. The van der Waals surface area contributed by atoms with Gasteiger partial charge in [0.2, 0.25) is 0 Å². The maximum absolute atomic E-state index is 9.93. The monoisotopic (exact) mass is 382 g/mol. The largest absolute Gasteiger partial charge is 1.00 e. The van der Waals surface area contributed by atoms with Gasteiger partial charge in [0.05, 0.1) is 35.5 Å². The molecule has 0 spiro atoms. The molecule has 0 amide bonds. The Bertz CT molecular complexity index is 498. The molecule has 6 N–H and O–H groups in total. The summed E-state index contributed by atoms with van der Waals surface area (Å²) in [5.41, 5.74) is 9.40. The molecular formula is C6H12N2Na2O10S2. The summed E-state index contributed by atoms with van der Waals surface area (Å²) in [4.78, 5) is 19.5. The molecule has 0 aromatic rings. The van der Waals surface area contributed by atoms with E-state index in [1.54, 1.807) is 0 Å². The minimum atomic E-state index is -4.31. The second-order valence-corrected chi connectivity index (χ2v) is 6.34. The van der Waals surface area contributed by atoms with Crippen molar-refractivity contribution in [2.45, 2.75) is 12.1 Å². The summed E-state index contributed by atoms with van der Waals surface area (Å²) in [5, 5.41) is 19.5. The van der Waals surface area contributed by atoms with Crippen molar-refractivity contribution >= 4 is 32.2 Å². The Morgan fingerprint density at radius 1 is 0.818 bits per heavy atom. The van der Waals surface area contributed by atoms with E-state index in [0.29, 0.717) is 0 Å². The first-order valence-electron chi connectivity index (χ1n) is 4.49. The Morgan fingerprint density at radius 3 is 1.05 bits per heavy atom. The van der Waals surface area contributed by atoms with Gasteiger partial charge < -0.3 is 31.3 Å². The van der Waals surface area contributed by atoms with Crippen molar-refractivity contribution in [3.63, 3.8) is 0 Å². The van der Waals surface area contributed by atoms with E-state index in [1.165, 1.54) is 0 Å². The van der Waals surface area contributed by atoms with Gasteiger partial charge >= 0.3 is 59.1 Å². The molecule has 0 aliphatic rings. The average Bonchev–Trinajstić information content (AvgIpc) is 2.12. The molecule has 0 aliphatic heterocycles. The van der Waals surface area contributed by atoms with Gasteiger partial charge in [0.1, 0.15) is 0 Å². The summed E-state index contributed by atoms with van der Waals surface area (Å²) < 4.78 is 55.8. The van der Waals surface area contributed by atoms with Gasteiger partial charge in [-0.15, -0.1) is 0 Å². The molecule has 0 aliphatic carbocycles. The Kier molecular flexibility index (Phi) is 18.1. The van der Waals surface area contributed by atoms with Crippen LogP contribution < -0.4 is 80.8 Å². The van der Waals surface area contributed by atoms with E-state index >= 15 is 0 Å². The predicted octanol–water partition coefficient (Wildman–Crippen LogP) is -12.1. The van der Waals surface area contributed by atoms with Crippen LogP contribution in [0.2, 0.25) is 0 Å². The number of rotatable bonds is 6. The van der Waals surface area contributed by atoms with Gasteiger partial charge in [-0.25, -0.2) is 0 Å². The van der Waals surface area contributed by atoms with Crippen molar-refractivity contribution in [2.24, 2.45) is 11.5 Å². The maximum atomic E-state index is 9.93. The molecule has 0 radical (unpaired) electrons. The standard InChI is InChI=1S/2C3H7NO5S.2Na/c2*4-2(3(5)6)1-10(7,8)9;;/h2*2H,1,4H2,(H,5,6)(H,7,8,9);;/q;;2*+1/p-2/t2*2-;;/m00../s1. The van der Waals surface area contributed by atoms with Crippen LogP contribution in [0.5, 0.6) is 0 Å². The van der Waals surface area contributed by atoms with Crippen molar-refractivity contribution in [1.29, 1.82) is 0 Å². The van der Waals surface area contributed by atoms with E-state index in [4.69, 9.17) is 20.6 Å². The molecule has 0 aromatic carbocycles. The van der Waals surface area contributed by atoms with Gasteiger partial charge in [0, 0.05) is 0 Å². The fourth-order valence-electron chi connectivity index (χ4n) is 0.590. The summed E-state index contributed by atoms with van der Waals surface area (Å²) in [7, 11) is -8.63. The Hall–Kier alpha value is 0.680. The number of carboxylic acid groups (broad SMARTS) is 2. The molecular weight excluding hydrogens is 370 g/mol. The molecule has 0 fully saturated rings. The molecule has 0 bridgehead atoms. The van der Waals surface area contributed by atoms with E-state index in [-0.39, 0.29) is 59.1 Å². The number of aliphatic carboxylic acids is 2. The fraction of sp³-hybridized carbons (Fsp3) is 0.667. The second-order valence-electron chi connectivity index (χ2n) is 3.35. The van der Waals surface area contributed by atoms with Crippen molar-refractivity contribution in [2.75, 3.05) is 11.5 Å². The van der Waals surface area contributed by atoms with Gasteiger partial charge in [-0.2, -0.15) is 16.8 Å². The van der Waals surface area contributed by atoms with Gasteiger partial charge in [0.25, 0.3) is 20.2 Å². The first-order chi connectivity index (χ1) is 8.65. The minimum absolute atomic E-state index is 0. The zero-order valence-corrected chi connectivity index (χ0v) is 17.3. The van der Waals surface area contributed by atoms with Gasteiger partial charge in [-0.05, 0) is 0 Å². The summed E-state index contributed by atoms with van der Waals surface area (Å²) in [6, 6.07) is -3.34. The fourth-order valence-corrected chi connectivity index (χ4v) is 1.77. The molecule has 2 atom stereocenters. The van der Waals surface area contributed by atoms with Crippen LogP contribution >= 0.6 is 0 Å². The summed E-state index contributed by atoms with van der Waals surface area (Å²) in [5.74, 6) is -5.46. The van der Waals surface area contributed by atoms with Crippen LogP contribution in [0.25, 0.3) is 0 Å². The minimum Gasteiger partial charge on any atom is -0.548 e. The van der Waals surface area contributed by atoms with Gasteiger partial charge in [-0.3, -0.25) is 9.11 Å². The number of hydrogen-bond donors (Lipinski definition) is 4. The molecule has 22 heavy (non-hydrogen) atoms. The smallest absolute Gasteiger partial charge is 0.548 e. The Labute approximate surface area is 170 Å². The maximum Gasteiger partial charge on any atom is 1.00 e. The van der Waals surface area contributed by atoms with Crippen LogP contribution in [0, 0.1) is 0 Å². The van der Waals surface area contributed by atoms with E-state index in [0.717, 1.165) is 0 Å². The quantitative estimate of drug-likeness (QED) is 0.247. The van der Waals surface area contributed by atoms with E-state index in [2.05, 4.69) is 0 Å². The first-order valence-corrected chi connectivity index (χ1v) is 7.70. The molecule has 12 nitrogen and oxygen atoms in total. The normalized spacial score (nSPS) is 13.3. The molecule has 0 rings (SSSR count). The SMILES string of the molecule is N[C@@H](CS(=O)(=O)O)C(=O)[O-].N[C@@H](CS(=O)(=O)O)C(=O)[O-].[Na+].[Na+]. The van der Waals surface area contributed by atoms with Crippen LogP contribution in [0.4, 0.5) is 0 Å². The second kappa shape index (κ2) is 13.0. The molecule has 0 aromatic heterocycles. The van der Waals surface area contributed by atoms with Crippen molar-refractivity contribution < 1.29 is 105 Å². The van der Waals surface area contributed by atoms with E-state index in [9.17, 15) is 36.6 Å². The third-order valence-corrected chi connectivity index (χ3v) is 2.95. The van der Waals surface area contributed by atoms with E-state index in [1.807, 2.05) is 0 Å². The molecule has 0 saturated heterocycles. The third kappa shape index (κ3) is 23.0. The van der Waals surface area contributed by atoms with Crippen molar-refractivity contribution in [1.82, 2.24) is 0 Å². The van der Waals surface area contributed by atoms with Crippen LogP contribution in [-0.4, -0.2) is 61.5 Å². The third-order valence-electron chi connectivity index (χ3n) is 1.39. The zero-order chi connectivity index (χ0) is 16.7. The van der Waals surface area contributed by atoms with Crippen LogP contribution in [-0.2, 0) is 29.8 Å². The number of nitrogens with two attached hydrogens (primary N) is 2. The van der Waals surface area contributed by atoms with Crippen molar-refractivity contribution in [3.8, 4) is 0 Å². The van der Waals surface area contributed by atoms with Gasteiger partial charge in [-0.1, -0.05) is 0 Å². The zero-order valence-electron chi connectivity index (χ0n) is 11.7. The van der Waals surface area contributed by atoms with Crippen LogP contribution in [0.15, 0.2) is 0 Å². The first kappa shape index (κ1) is 30.5. The molecule has 0 saturated carbocycles. The molecule has 0 heterocycles. The van der Waals surface area contributed by atoms with Crippen LogP contribution in [0.3, 0.4) is 0 Å². The average molecular weight is 382 g/mol. The number of carbonyl (C=O) groups excluding carboxylic acids is 2. The number of carbonyl (C=O) groups is 2. The topological polar surface area (TPSA) is 241 Å². The van der Waals surface area contributed by atoms with Gasteiger partial charge in [0.15, 0.2) is 0 Å². The summed E-state index contributed by atoms with van der Waals surface area (Å²) >= 11 is 0. The molecule has 120 valence electrons. The molecule has 0 unspecified atom stereocenters. The van der Waals surface area contributed by atoms with E-state index < -0.39 is 55.8 Å². The van der Waals surface area contributed by atoms with Crippen molar-refractivity contribution in [3.05, 3.63) is 0 Å².